The van der Waals surface area contributed by atoms with E-state index in [1.54, 1.807) is 6.92 Å². The largest absolute Gasteiger partial charge is 0.530 e. The van der Waals surface area contributed by atoms with Crippen LogP contribution in [0.25, 0.3) is 11.1 Å². The van der Waals surface area contributed by atoms with Gasteiger partial charge in [-0.1, -0.05) is 24.3 Å². The number of hydrogen-bond acceptors (Lipinski definition) is 4. The predicted molar refractivity (Wildman–Crippen MR) is 120 cm³/mol. The van der Waals surface area contributed by atoms with Crippen molar-refractivity contribution in [2.24, 2.45) is 5.73 Å². The van der Waals surface area contributed by atoms with Crippen LogP contribution >= 0.6 is 12.4 Å². The van der Waals surface area contributed by atoms with Gasteiger partial charge in [-0.05, 0) is 42.7 Å². The number of quaternary nitrogens is 1. The molecule has 0 fully saturated rings. The first-order valence-electron chi connectivity index (χ1n) is 10.0. The average molecular weight is 432 g/mol. The van der Waals surface area contributed by atoms with Crippen molar-refractivity contribution in [2.45, 2.75) is 45.8 Å². The Morgan fingerprint density at radius 3 is 2.27 bits per heavy atom. The second-order valence-corrected chi connectivity index (χ2v) is 7.92. The molecule has 0 aliphatic carbocycles. The highest BCUT2D eigenvalue weighted by Gasteiger charge is 2.47. The highest BCUT2D eigenvalue weighted by Crippen LogP contribution is 2.45. The molecule has 3 rings (SSSR count). The number of carbonyl (C=O) groups excluding carboxylic acids is 2. The molecule has 2 amide bonds. The van der Waals surface area contributed by atoms with Crippen LogP contribution < -0.4 is 15.3 Å². The van der Waals surface area contributed by atoms with Crippen molar-refractivity contribution in [1.82, 2.24) is 9.38 Å². The fourth-order valence-electron chi connectivity index (χ4n) is 4.41. The van der Waals surface area contributed by atoms with Crippen molar-refractivity contribution < 1.29 is 14.7 Å². The maximum atomic E-state index is 12.6. The van der Waals surface area contributed by atoms with Gasteiger partial charge in [0.2, 0.25) is 0 Å². The summed E-state index contributed by atoms with van der Waals surface area (Å²) in [6.45, 7) is 6.22. The summed E-state index contributed by atoms with van der Waals surface area (Å²) in [5, 5.41) is 11.8. The van der Waals surface area contributed by atoms with Gasteiger partial charge in [0.15, 0.2) is 0 Å². The lowest BCUT2D eigenvalue weighted by atomic mass is 9.86. The van der Waals surface area contributed by atoms with Crippen molar-refractivity contribution >= 4 is 30.1 Å². The zero-order chi connectivity index (χ0) is 21.3. The molecule has 2 N–H and O–H groups in total. The monoisotopic (exact) mass is 431 g/mol. The quantitative estimate of drug-likeness (QED) is 0.753. The Bertz CT molecular complexity index is 932. The standard InChI is InChI=1S/C23H29N3O3.ClH/c1-5-25(23(28)29)21-12-15(2)26(4,16(3)27)22-11-10-19(13-20(21)22)18-8-6-17(14-24)7-9-18;/h6-11,13,15,21H,5,12,14,24H2,1-4H3;1H/t15-,21?,26+;/m0./s1. The number of carbonyl (C=O) groups is 2. The Balaban J connectivity index is 0.00000320. The molecule has 1 aliphatic rings. The topological polar surface area (TPSA) is 86.5 Å². The second-order valence-electron chi connectivity index (χ2n) is 7.92. The van der Waals surface area contributed by atoms with Gasteiger partial charge in [-0.25, -0.2) is 9.28 Å². The first-order valence-corrected chi connectivity index (χ1v) is 10.0. The zero-order valence-electron chi connectivity index (χ0n) is 17.9. The molecule has 3 atom stereocenters. The first kappa shape index (κ1) is 23.9. The van der Waals surface area contributed by atoms with Crippen LogP contribution in [0.5, 0.6) is 0 Å². The number of carboxylic acid groups (broad SMARTS) is 1. The smallest absolute Gasteiger partial charge is 0.315 e. The van der Waals surface area contributed by atoms with Gasteiger partial charge in [-0.15, -0.1) is 12.4 Å². The van der Waals surface area contributed by atoms with Crippen LogP contribution in [0.1, 0.15) is 44.4 Å². The van der Waals surface area contributed by atoms with E-state index in [0.717, 1.165) is 27.9 Å². The van der Waals surface area contributed by atoms with Crippen molar-refractivity contribution in [2.75, 3.05) is 13.6 Å². The van der Waals surface area contributed by atoms with E-state index in [-0.39, 0.29) is 34.9 Å². The number of nitrogens with zero attached hydrogens (tertiary/aromatic N) is 2. The highest BCUT2D eigenvalue weighted by molar-refractivity contribution is 5.89. The molecular weight excluding hydrogens is 402 g/mol. The van der Waals surface area contributed by atoms with Crippen molar-refractivity contribution in [3.8, 4) is 11.1 Å². The number of fused-ring (bicyclic) bond motifs is 1. The van der Waals surface area contributed by atoms with Crippen LogP contribution in [0.2, 0.25) is 0 Å². The van der Waals surface area contributed by atoms with E-state index in [0.29, 0.717) is 19.5 Å². The Morgan fingerprint density at radius 2 is 1.77 bits per heavy atom. The number of halogens is 1. The van der Waals surface area contributed by atoms with Crippen molar-refractivity contribution in [3.05, 3.63) is 53.6 Å². The first-order chi connectivity index (χ1) is 13.7. The molecule has 2 aromatic carbocycles. The van der Waals surface area contributed by atoms with Crippen LogP contribution in [0.15, 0.2) is 42.5 Å². The maximum absolute atomic E-state index is 12.6. The maximum Gasteiger partial charge on any atom is 0.315 e. The van der Waals surface area contributed by atoms with Crippen LogP contribution in [-0.4, -0.2) is 36.5 Å². The summed E-state index contributed by atoms with van der Waals surface area (Å²) >= 11 is 0. The molecule has 6 nitrogen and oxygen atoms in total. The number of rotatable bonds is 4. The molecule has 0 spiro atoms. The van der Waals surface area contributed by atoms with E-state index in [1.807, 2.05) is 63.4 Å². The molecule has 0 saturated heterocycles. The minimum absolute atomic E-state index is 0. The van der Waals surface area contributed by atoms with Crippen LogP contribution in [0, 0.1) is 0 Å². The number of amides is 2. The Morgan fingerprint density at radius 1 is 1.17 bits per heavy atom. The molecule has 30 heavy (non-hydrogen) atoms. The molecule has 0 aromatic heterocycles. The van der Waals surface area contributed by atoms with Gasteiger partial charge in [-0.3, -0.25) is 0 Å². The van der Waals surface area contributed by atoms with E-state index in [2.05, 4.69) is 0 Å². The van der Waals surface area contributed by atoms with Crippen LogP contribution in [-0.2, 0) is 11.3 Å². The van der Waals surface area contributed by atoms with Gasteiger partial charge in [0.05, 0.1) is 26.1 Å². The van der Waals surface area contributed by atoms with Crippen molar-refractivity contribution in [3.63, 3.8) is 0 Å². The molecule has 162 valence electrons. The van der Waals surface area contributed by atoms with E-state index >= 15 is 0 Å². The van der Waals surface area contributed by atoms with E-state index in [9.17, 15) is 14.7 Å². The third kappa shape index (κ3) is 3.95. The summed E-state index contributed by atoms with van der Waals surface area (Å²) in [6.07, 6.45) is -0.632. The van der Waals surface area contributed by atoms with Gasteiger partial charge < -0.3 is 20.5 Å². The fourth-order valence-corrected chi connectivity index (χ4v) is 4.41. The van der Waals surface area contributed by atoms with Crippen LogP contribution in [0.4, 0.5) is 10.5 Å². The number of nitrogens with two attached hydrogens (primary N) is 1. The van der Waals surface area contributed by atoms with Gasteiger partial charge >= 0.3 is 5.91 Å². The lowest BCUT2D eigenvalue weighted by Crippen LogP contribution is -2.60. The molecule has 0 saturated carbocycles. The summed E-state index contributed by atoms with van der Waals surface area (Å²) in [5.74, 6) is 0.0359. The van der Waals surface area contributed by atoms with E-state index in [4.69, 9.17) is 5.73 Å². The van der Waals surface area contributed by atoms with Gasteiger partial charge in [0.1, 0.15) is 11.8 Å². The van der Waals surface area contributed by atoms with Crippen LogP contribution in [0.3, 0.4) is 0 Å². The summed E-state index contributed by atoms with van der Waals surface area (Å²) in [7, 11) is 1.91. The lowest BCUT2D eigenvalue weighted by molar-refractivity contribution is -0.268. The molecule has 2 aromatic rings. The van der Waals surface area contributed by atoms with Gasteiger partial charge in [0, 0.05) is 31.1 Å². The summed E-state index contributed by atoms with van der Waals surface area (Å²) in [4.78, 5) is 25.8. The van der Waals surface area contributed by atoms with Gasteiger partial charge in [0.25, 0.3) is 0 Å². The minimum atomic E-state index is -1.19. The van der Waals surface area contributed by atoms with E-state index in [1.165, 1.54) is 4.90 Å². The van der Waals surface area contributed by atoms with E-state index < -0.39 is 6.09 Å². The average Bonchev–Trinajstić information content (AvgIpc) is 2.71. The fraction of sp³-hybridized carbons (Fsp3) is 0.391. The molecule has 1 aliphatic heterocycles. The molecule has 1 unspecified atom stereocenters. The molecule has 0 radical (unpaired) electrons. The SMILES string of the molecule is CCN(C(=O)[O-])C1C[C@H](C)[N@+](C)(C(C)=O)c2ccc(-c3ccc(CN)cc3)cc21.Cl. The molecule has 0 bridgehead atoms. The van der Waals surface area contributed by atoms with Gasteiger partial charge in [-0.2, -0.15) is 0 Å². The molecule has 7 heteroatoms. The number of hydrogen-bond donors (Lipinski definition) is 1. The number of benzene rings is 2. The third-order valence-electron chi connectivity index (χ3n) is 6.46. The molecule has 1 heterocycles. The van der Waals surface area contributed by atoms with Crippen molar-refractivity contribution in [1.29, 1.82) is 0 Å². The Kier molecular flexibility index (Phi) is 7.29. The summed E-state index contributed by atoms with van der Waals surface area (Å²) in [6, 6.07) is 13.6. The Hall–Kier alpha value is -2.41. The highest BCUT2D eigenvalue weighted by atomic mass is 35.5. The zero-order valence-corrected chi connectivity index (χ0v) is 18.7. The minimum Gasteiger partial charge on any atom is -0.530 e. The summed E-state index contributed by atoms with van der Waals surface area (Å²) in [5.41, 5.74) is 10.5. The summed E-state index contributed by atoms with van der Waals surface area (Å²) < 4.78 is 0.156. The molecular formula is C23H30ClN3O3. The second kappa shape index (κ2) is 9.16. The normalized spacial score (nSPS) is 22.6. The lowest BCUT2D eigenvalue weighted by Gasteiger charge is -2.47. The predicted octanol–water partition coefficient (Wildman–Crippen LogP) is 3.22. The Labute approximate surface area is 184 Å². The third-order valence-corrected chi connectivity index (χ3v) is 6.46.